The summed E-state index contributed by atoms with van der Waals surface area (Å²) in [6.45, 7) is 7.96. The molecule has 0 aromatic heterocycles. The predicted octanol–water partition coefficient (Wildman–Crippen LogP) is 2.75. The highest BCUT2D eigenvalue weighted by atomic mass is 16.4. The highest BCUT2D eigenvalue weighted by Crippen LogP contribution is 2.31. The van der Waals surface area contributed by atoms with E-state index in [0.29, 0.717) is 9.90 Å². The summed E-state index contributed by atoms with van der Waals surface area (Å²) in [5.74, 6) is -0.709. The van der Waals surface area contributed by atoms with Gasteiger partial charge in [0, 0.05) is 0 Å². The maximum absolute atomic E-state index is 10.7. The van der Waals surface area contributed by atoms with Gasteiger partial charge in [-0.1, -0.05) is 33.6 Å². The van der Waals surface area contributed by atoms with Crippen LogP contribution in [0.2, 0.25) is 0 Å². The second-order valence-electron chi connectivity index (χ2n) is 5.83. The molecule has 0 rings (SSSR count). The molecule has 96 valence electrons. The number of likely N-dealkylation sites (N-methyl/N-ethyl adjacent to an activating group) is 1. The third-order valence-electron chi connectivity index (χ3n) is 3.81. The van der Waals surface area contributed by atoms with Crippen molar-refractivity contribution in [2.24, 2.45) is 5.41 Å². The molecule has 0 fully saturated rings. The minimum absolute atomic E-state index is 0.217. The molecule has 0 aliphatic carbocycles. The summed E-state index contributed by atoms with van der Waals surface area (Å²) >= 11 is 0. The molecule has 0 spiro atoms. The monoisotopic (exact) mass is 230 g/mol. The third-order valence-corrected chi connectivity index (χ3v) is 3.81. The Morgan fingerprint density at radius 1 is 1.25 bits per heavy atom. The van der Waals surface area contributed by atoms with Crippen molar-refractivity contribution < 1.29 is 14.4 Å². The lowest BCUT2D eigenvalue weighted by Crippen LogP contribution is -2.44. The normalized spacial score (nSPS) is 12.8. The zero-order valence-corrected chi connectivity index (χ0v) is 11.5. The van der Waals surface area contributed by atoms with Gasteiger partial charge in [-0.25, -0.2) is 4.79 Å². The molecule has 0 bridgehead atoms. The summed E-state index contributed by atoms with van der Waals surface area (Å²) in [4.78, 5) is 10.7. The molecule has 0 radical (unpaired) electrons. The first-order chi connectivity index (χ1) is 7.24. The summed E-state index contributed by atoms with van der Waals surface area (Å²) in [5.41, 5.74) is 0.434. The van der Waals surface area contributed by atoms with Crippen LogP contribution in [-0.4, -0.2) is 42.7 Å². The summed E-state index contributed by atoms with van der Waals surface area (Å²) in [7, 11) is 3.98. The van der Waals surface area contributed by atoms with E-state index in [4.69, 9.17) is 5.11 Å². The number of nitrogens with zero attached hydrogens (tertiary/aromatic N) is 1. The minimum Gasteiger partial charge on any atom is -0.477 e. The Morgan fingerprint density at radius 2 is 1.75 bits per heavy atom. The highest BCUT2D eigenvalue weighted by Gasteiger charge is 2.23. The average Bonchev–Trinajstić information content (AvgIpc) is 2.15. The fourth-order valence-electron chi connectivity index (χ4n) is 1.98. The first kappa shape index (κ1) is 15.4. The zero-order valence-electron chi connectivity index (χ0n) is 11.5. The van der Waals surface area contributed by atoms with Crippen LogP contribution in [0.4, 0.5) is 0 Å². The van der Waals surface area contributed by atoms with Crippen LogP contribution in [0.25, 0.3) is 0 Å². The van der Waals surface area contributed by atoms with Crippen LogP contribution < -0.4 is 0 Å². The van der Waals surface area contributed by atoms with Gasteiger partial charge in [-0.2, -0.15) is 0 Å². The number of aliphatic carboxylic acids is 1. The molecule has 3 nitrogen and oxygen atoms in total. The van der Waals surface area contributed by atoms with Crippen LogP contribution in [0.15, 0.2) is 0 Å². The van der Waals surface area contributed by atoms with Crippen LogP contribution in [0.3, 0.4) is 0 Å². The number of hydrogen-bond donors (Lipinski definition) is 1. The van der Waals surface area contributed by atoms with Gasteiger partial charge in [0.1, 0.15) is 0 Å². The maximum atomic E-state index is 10.7. The Balaban J connectivity index is 4.01. The number of carbonyl (C=O) groups is 1. The molecule has 1 N–H and O–H groups in total. The Bertz CT molecular complexity index is 220. The van der Waals surface area contributed by atoms with Gasteiger partial charge in [-0.15, -0.1) is 0 Å². The van der Waals surface area contributed by atoms with E-state index in [1.165, 1.54) is 19.3 Å². The lowest BCUT2D eigenvalue weighted by atomic mass is 9.80. The van der Waals surface area contributed by atoms with E-state index in [9.17, 15) is 4.79 Å². The summed E-state index contributed by atoms with van der Waals surface area (Å²) < 4.78 is 0.582. The van der Waals surface area contributed by atoms with Crippen molar-refractivity contribution in [3.05, 3.63) is 0 Å². The highest BCUT2D eigenvalue weighted by molar-refractivity contribution is 5.67. The van der Waals surface area contributed by atoms with Crippen LogP contribution in [0.1, 0.15) is 46.5 Å². The van der Waals surface area contributed by atoms with E-state index in [0.717, 1.165) is 13.0 Å². The standard InChI is InChI=1S/C13H27NO2/c1-6-13(3,7-2)9-8-10-14(4,5)11-12(15)16/h6-11H2,1-5H3/p+1. The van der Waals surface area contributed by atoms with E-state index in [2.05, 4.69) is 20.8 Å². The van der Waals surface area contributed by atoms with E-state index < -0.39 is 5.97 Å². The zero-order chi connectivity index (χ0) is 12.8. The molecule has 0 heterocycles. The number of carboxylic acid groups (broad SMARTS) is 1. The molecule has 0 amide bonds. The molecule has 0 atom stereocenters. The van der Waals surface area contributed by atoms with Gasteiger partial charge in [0.25, 0.3) is 0 Å². The van der Waals surface area contributed by atoms with Gasteiger partial charge >= 0.3 is 5.97 Å². The second kappa shape index (κ2) is 6.24. The molecule has 0 aromatic rings. The second-order valence-corrected chi connectivity index (χ2v) is 5.83. The first-order valence-corrected chi connectivity index (χ1v) is 6.28. The largest absolute Gasteiger partial charge is 0.477 e. The Labute approximate surface area is 100 Å². The van der Waals surface area contributed by atoms with E-state index in [1.807, 2.05) is 14.1 Å². The van der Waals surface area contributed by atoms with Gasteiger partial charge in [-0.05, 0) is 18.3 Å². The number of rotatable bonds is 8. The molecule has 0 unspecified atom stereocenters. The number of quaternary nitrogens is 1. The molecule has 3 heteroatoms. The first-order valence-electron chi connectivity index (χ1n) is 6.28. The van der Waals surface area contributed by atoms with Crippen molar-refractivity contribution in [2.75, 3.05) is 27.2 Å². The summed E-state index contributed by atoms with van der Waals surface area (Å²) in [6.07, 6.45) is 4.71. The van der Waals surface area contributed by atoms with Gasteiger partial charge in [0.15, 0.2) is 6.54 Å². The third kappa shape index (κ3) is 6.11. The predicted molar refractivity (Wildman–Crippen MR) is 67.4 cm³/mol. The van der Waals surface area contributed by atoms with Gasteiger partial charge in [0.2, 0.25) is 0 Å². The fourth-order valence-corrected chi connectivity index (χ4v) is 1.98. The van der Waals surface area contributed by atoms with Crippen molar-refractivity contribution in [1.29, 1.82) is 0 Å². The summed E-state index contributed by atoms with van der Waals surface area (Å²) in [6, 6.07) is 0. The van der Waals surface area contributed by atoms with E-state index >= 15 is 0 Å². The van der Waals surface area contributed by atoms with Gasteiger partial charge < -0.3 is 9.59 Å². The lowest BCUT2D eigenvalue weighted by molar-refractivity contribution is -0.883. The Kier molecular flexibility index (Phi) is 6.01. The van der Waals surface area contributed by atoms with Gasteiger partial charge in [0.05, 0.1) is 20.6 Å². The van der Waals surface area contributed by atoms with Crippen molar-refractivity contribution in [2.45, 2.75) is 46.5 Å². The van der Waals surface area contributed by atoms with Crippen molar-refractivity contribution >= 4 is 5.97 Å². The van der Waals surface area contributed by atoms with Gasteiger partial charge in [-0.3, -0.25) is 0 Å². The molecular formula is C13H28NO2+. The molecule has 0 aliphatic heterocycles. The Morgan fingerprint density at radius 3 is 2.12 bits per heavy atom. The molecular weight excluding hydrogens is 202 g/mol. The molecule has 0 saturated carbocycles. The number of carboxylic acids is 1. The molecule has 16 heavy (non-hydrogen) atoms. The van der Waals surface area contributed by atoms with Crippen LogP contribution >= 0.6 is 0 Å². The maximum Gasteiger partial charge on any atom is 0.359 e. The lowest BCUT2D eigenvalue weighted by Gasteiger charge is -2.31. The van der Waals surface area contributed by atoms with Crippen molar-refractivity contribution in [3.63, 3.8) is 0 Å². The van der Waals surface area contributed by atoms with Crippen LogP contribution in [-0.2, 0) is 4.79 Å². The van der Waals surface area contributed by atoms with Crippen molar-refractivity contribution in [1.82, 2.24) is 0 Å². The molecule has 0 aromatic carbocycles. The summed E-state index contributed by atoms with van der Waals surface area (Å²) in [5, 5.41) is 8.79. The van der Waals surface area contributed by atoms with Crippen LogP contribution in [0, 0.1) is 5.41 Å². The Hall–Kier alpha value is -0.570. The fraction of sp³-hybridized carbons (Fsp3) is 0.923. The average molecular weight is 230 g/mol. The smallest absolute Gasteiger partial charge is 0.359 e. The SMILES string of the molecule is CCC(C)(CC)CCC[N+](C)(C)CC(=O)O. The molecule has 0 aliphatic rings. The quantitative estimate of drug-likeness (QED) is 0.651. The molecule has 0 saturated heterocycles. The van der Waals surface area contributed by atoms with E-state index in [1.54, 1.807) is 0 Å². The topological polar surface area (TPSA) is 37.3 Å². The minimum atomic E-state index is -0.709. The van der Waals surface area contributed by atoms with Crippen molar-refractivity contribution in [3.8, 4) is 0 Å². The van der Waals surface area contributed by atoms with Crippen LogP contribution in [0.5, 0.6) is 0 Å². The number of hydrogen-bond acceptors (Lipinski definition) is 1. The van der Waals surface area contributed by atoms with E-state index in [-0.39, 0.29) is 6.54 Å².